The minimum absolute atomic E-state index is 0.0298. The van der Waals surface area contributed by atoms with Gasteiger partial charge in [-0.15, -0.1) is 0 Å². The first kappa shape index (κ1) is 14.0. The van der Waals surface area contributed by atoms with Crippen molar-refractivity contribution in [3.8, 4) is 0 Å². The van der Waals surface area contributed by atoms with Gasteiger partial charge in [-0.2, -0.15) is 0 Å². The first-order valence-corrected chi connectivity index (χ1v) is 6.20. The normalized spacial score (nSPS) is 12.8. The minimum Gasteiger partial charge on any atom is -0.367 e. The van der Waals surface area contributed by atoms with Crippen LogP contribution in [0, 0.1) is 5.92 Å². The molecule has 4 N–H and O–H groups in total. The summed E-state index contributed by atoms with van der Waals surface area (Å²) in [5, 5.41) is 3.09. The van der Waals surface area contributed by atoms with Gasteiger partial charge in [0.1, 0.15) is 5.02 Å². The van der Waals surface area contributed by atoms with Gasteiger partial charge in [0.2, 0.25) is 0 Å². The van der Waals surface area contributed by atoms with Crippen molar-refractivity contribution >= 4 is 17.4 Å². The summed E-state index contributed by atoms with van der Waals surface area (Å²) in [6.07, 6.45) is 3.39. The van der Waals surface area contributed by atoms with Crippen LogP contribution in [-0.2, 0) is 0 Å². The average Bonchev–Trinajstić information content (AvgIpc) is 2.32. The van der Waals surface area contributed by atoms with Crippen LogP contribution in [0.3, 0.4) is 0 Å². The number of H-pyrrole nitrogens is 1. The van der Waals surface area contributed by atoms with E-state index < -0.39 is 0 Å². The Labute approximate surface area is 106 Å². The molecule has 1 aromatic heterocycles. The van der Waals surface area contributed by atoms with Crippen molar-refractivity contribution in [3.05, 3.63) is 21.7 Å². The molecule has 1 unspecified atom stereocenters. The lowest BCUT2D eigenvalue weighted by Crippen LogP contribution is -2.36. The third-order valence-electron chi connectivity index (χ3n) is 2.96. The van der Waals surface area contributed by atoms with E-state index in [2.05, 4.69) is 29.1 Å². The van der Waals surface area contributed by atoms with E-state index in [4.69, 9.17) is 17.3 Å². The Hall–Kier alpha value is -1.07. The lowest BCUT2D eigenvalue weighted by Gasteiger charge is -2.21. The molecular weight excluding hydrogens is 240 g/mol. The molecule has 0 aromatic carbocycles. The Morgan fingerprint density at radius 1 is 1.53 bits per heavy atom. The first-order valence-electron chi connectivity index (χ1n) is 5.82. The number of aromatic nitrogens is 2. The van der Waals surface area contributed by atoms with Gasteiger partial charge in [-0.3, -0.25) is 4.79 Å². The second-order valence-electron chi connectivity index (χ2n) is 4.02. The molecule has 0 fully saturated rings. The van der Waals surface area contributed by atoms with Gasteiger partial charge < -0.3 is 16.0 Å². The lowest BCUT2D eigenvalue weighted by molar-refractivity contribution is 0.407. The highest BCUT2D eigenvalue weighted by molar-refractivity contribution is 6.32. The van der Waals surface area contributed by atoms with Crippen LogP contribution < -0.4 is 16.6 Å². The van der Waals surface area contributed by atoms with E-state index in [1.165, 1.54) is 6.33 Å². The van der Waals surface area contributed by atoms with E-state index >= 15 is 0 Å². The second-order valence-corrected chi connectivity index (χ2v) is 4.39. The van der Waals surface area contributed by atoms with Gasteiger partial charge in [0.15, 0.2) is 5.82 Å². The number of aromatic amines is 1. The molecule has 17 heavy (non-hydrogen) atoms. The highest BCUT2D eigenvalue weighted by atomic mass is 35.5. The van der Waals surface area contributed by atoms with Crippen LogP contribution in [0.1, 0.15) is 26.7 Å². The van der Waals surface area contributed by atoms with Gasteiger partial charge in [-0.1, -0.05) is 38.3 Å². The summed E-state index contributed by atoms with van der Waals surface area (Å²) in [6.45, 7) is 4.79. The molecule has 96 valence electrons. The molecule has 0 saturated heterocycles. The number of halogens is 1. The zero-order valence-corrected chi connectivity index (χ0v) is 10.9. The van der Waals surface area contributed by atoms with Crippen molar-refractivity contribution in [2.24, 2.45) is 11.7 Å². The molecule has 0 amide bonds. The van der Waals surface area contributed by atoms with Crippen LogP contribution in [0.15, 0.2) is 11.1 Å². The zero-order valence-electron chi connectivity index (χ0n) is 10.2. The Kier molecular flexibility index (Phi) is 5.44. The Bertz CT molecular complexity index is 403. The topological polar surface area (TPSA) is 83.8 Å². The quantitative estimate of drug-likeness (QED) is 0.724. The van der Waals surface area contributed by atoms with Crippen molar-refractivity contribution < 1.29 is 0 Å². The number of rotatable bonds is 6. The SMILES string of the molecule is CCC(CC)C(N)CNc1nc[nH]c(=O)c1Cl. The molecular formula is C11H19ClN4O. The Morgan fingerprint density at radius 2 is 2.18 bits per heavy atom. The summed E-state index contributed by atoms with van der Waals surface area (Å²) in [7, 11) is 0. The van der Waals surface area contributed by atoms with E-state index in [0.29, 0.717) is 18.3 Å². The van der Waals surface area contributed by atoms with E-state index in [1.54, 1.807) is 0 Å². The van der Waals surface area contributed by atoms with Crippen LogP contribution in [0.4, 0.5) is 5.82 Å². The van der Waals surface area contributed by atoms with Crippen LogP contribution in [0.25, 0.3) is 0 Å². The Balaban J connectivity index is 2.61. The van der Waals surface area contributed by atoms with Crippen molar-refractivity contribution in [1.82, 2.24) is 9.97 Å². The fourth-order valence-corrected chi connectivity index (χ4v) is 1.95. The van der Waals surface area contributed by atoms with E-state index in [1.807, 2.05) is 0 Å². The summed E-state index contributed by atoms with van der Waals surface area (Å²) < 4.78 is 0. The monoisotopic (exact) mass is 258 g/mol. The minimum atomic E-state index is -0.347. The molecule has 1 heterocycles. The smallest absolute Gasteiger partial charge is 0.271 e. The largest absolute Gasteiger partial charge is 0.367 e. The van der Waals surface area contributed by atoms with Crippen LogP contribution in [-0.4, -0.2) is 22.6 Å². The maximum Gasteiger partial charge on any atom is 0.271 e. The van der Waals surface area contributed by atoms with Crippen molar-refractivity contribution in [1.29, 1.82) is 0 Å². The highest BCUT2D eigenvalue weighted by Gasteiger charge is 2.14. The fraction of sp³-hybridized carbons (Fsp3) is 0.636. The van der Waals surface area contributed by atoms with Gasteiger partial charge in [0.05, 0.1) is 6.33 Å². The van der Waals surface area contributed by atoms with Crippen molar-refractivity contribution in [2.75, 3.05) is 11.9 Å². The fourth-order valence-electron chi connectivity index (χ4n) is 1.78. The molecule has 0 radical (unpaired) electrons. The van der Waals surface area contributed by atoms with Gasteiger partial charge in [0.25, 0.3) is 5.56 Å². The van der Waals surface area contributed by atoms with Crippen LogP contribution in [0.2, 0.25) is 5.02 Å². The standard InChI is InChI=1S/C11H19ClN4O/c1-3-7(4-2)8(13)5-14-10-9(12)11(17)16-6-15-10/h6-8H,3-5,13H2,1-2H3,(H2,14,15,16,17). The predicted molar refractivity (Wildman–Crippen MR) is 70.4 cm³/mol. The van der Waals surface area contributed by atoms with E-state index in [-0.39, 0.29) is 16.6 Å². The number of hydrogen-bond acceptors (Lipinski definition) is 4. The number of nitrogens with zero attached hydrogens (tertiary/aromatic N) is 1. The summed E-state index contributed by atoms with van der Waals surface area (Å²) in [5.41, 5.74) is 5.71. The van der Waals surface area contributed by atoms with Crippen molar-refractivity contribution in [3.63, 3.8) is 0 Å². The molecule has 0 aliphatic rings. The number of hydrogen-bond donors (Lipinski definition) is 3. The first-order chi connectivity index (χ1) is 8.10. The average molecular weight is 259 g/mol. The van der Waals surface area contributed by atoms with Crippen LogP contribution in [0.5, 0.6) is 0 Å². The van der Waals surface area contributed by atoms with Crippen LogP contribution >= 0.6 is 11.6 Å². The Morgan fingerprint density at radius 3 is 2.76 bits per heavy atom. The third kappa shape index (κ3) is 3.71. The molecule has 0 spiro atoms. The number of anilines is 1. The zero-order chi connectivity index (χ0) is 12.8. The summed E-state index contributed by atoms with van der Waals surface area (Å²) in [6, 6.07) is 0.0298. The van der Waals surface area contributed by atoms with Gasteiger partial charge >= 0.3 is 0 Å². The van der Waals surface area contributed by atoms with Gasteiger partial charge in [-0.25, -0.2) is 4.98 Å². The van der Waals surface area contributed by atoms with Crippen molar-refractivity contribution in [2.45, 2.75) is 32.7 Å². The molecule has 1 aromatic rings. The third-order valence-corrected chi connectivity index (χ3v) is 3.31. The molecule has 1 rings (SSSR count). The second kappa shape index (κ2) is 6.61. The number of nitrogens with two attached hydrogens (primary N) is 1. The molecule has 0 bridgehead atoms. The molecule has 6 heteroatoms. The maximum atomic E-state index is 11.2. The van der Waals surface area contributed by atoms with E-state index in [0.717, 1.165) is 12.8 Å². The molecule has 1 atom stereocenters. The van der Waals surface area contributed by atoms with Gasteiger partial charge in [-0.05, 0) is 5.92 Å². The molecule has 0 aliphatic heterocycles. The summed E-state index contributed by atoms with van der Waals surface area (Å²) in [4.78, 5) is 17.6. The molecule has 0 aliphatic carbocycles. The van der Waals surface area contributed by atoms with Gasteiger partial charge in [0, 0.05) is 12.6 Å². The summed E-state index contributed by atoms with van der Waals surface area (Å²) >= 11 is 5.81. The predicted octanol–water partition coefficient (Wildman–Crippen LogP) is 1.60. The lowest BCUT2D eigenvalue weighted by atomic mass is 9.95. The molecule has 0 saturated carbocycles. The van der Waals surface area contributed by atoms with E-state index in [9.17, 15) is 4.79 Å². The molecule has 5 nitrogen and oxygen atoms in total. The number of nitrogens with one attached hydrogen (secondary N) is 2. The maximum absolute atomic E-state index is 11.2. The summed E-state index contributed by atoms with van der Waals surface area (Å²) in [5.74, 6) is 0.847. The highest BCUT2D eigenvalue weighted by Crippen LogP contribution is 2.15.